The van der Waals surface area contributed by atoms with Crippen molar-refractivity contribution in [3.63, 3.8) is 0 Å². The van der Waals surface area contributed by atoms with E-state index in [2.05, 4.69) is 21.2 Å². The predicted molar refractivity (Wildman–Crippen MR) is 126 cm³/mol. The minimum absolute atomic E-state index is 0.149. The van der Waals surface area contributed by atoms with Gasteiger partial charge in [-0.3, -0.25) is 9.89 Å². The molecule has 9 nitrogen and oxygen atoms in total. The molecule has 33 heavy (non-hydrogen) atoms. The summed E-state index contributed by atoms with van der Waals surface area (Å²) in [6.45, 7) is 3.39. The van der Waals surface area contributed by atoms with Crippen LogP contribution in [0, 0.1) is 0 Å². The predicted octanol–water partition coefficient (Wildman–Crippen LogP) is 2.73. The Kier molecular flexibility index (Phi) is 5.20. The number of aliphatic hydroxyl groups is 1. The summed E-state index contributed by atoms with van der Waals surface area (Å²) in [6, 6.07) is 7.88. The summed E-state index contributed by atoms with van der Waals surface area (Å²) >= 11 is 1.62. The maximum atomic E-state index is 11.7. The van der Waals surface area contributed by atoms with E-state index in [4.69, 9.17) is 14.7 Å². The van der Waals surface area contributed by atoms with Gasteiger partial charge in [-0.15, -0.1) is 11.3 Å². The number of anilines is 1. The van der Waals surface area contributed by atoms with E-state index in [0.717, 1.165) is 56.9 Å². The lowest BCUT2D eigenvalue weighted by molar-refractivity contribution is -0.123. The van der Waals surface area contributed by atoms with Gasteiger partial charge in [-0.05, 0) is 25.0 Å². The summed E-state index contributed by atoms with van der Waals surface area (Å²) in [4.78, 5) is 26.7. The molecule has 2 fully saturated rings. The van der Waals surface area contributed by atoms with E-state index in [1.165, 1.54) is 0 Å². The molecule has 0 radical (unpaired) electrons. The number of ether oxygens (including phenoxy) is 1. The lowest BCUT2D eigenvalue weighted by Crippen LogP contribution is -2.37. The van der Waals surface area contributed by atoms with Crippen molar-refractivity contribution >= 4 is 44.7 Å². The number of carbonyl (C=O) groups excluding carboxylic acids is 1. The standard InChI is InChI=1S/C23H24N6O3S/c30-13-29-5-4-14(31)10-19(29)20-11-18-21(33-20)23(28-6-8-32-9-7-28)26-22(25-18)15-2-1-3-17-16(15)12-24-27-17/h1-3,11-14,19,31H,4-10H2,(H,24,27). The van der Waals surface area contributed by atoms with Crippen LogP contribution in [0.4, 0.5) is 5.82 Å². The molecule has 2 aliphatic rings. The summed E-state index contributed by atoms with van der Waals surface area (Å²) in [6.07, 6.45) is 3.43. The highest BCUT2D eigenvalue weighted by Crippen LogP contribution is 2.41. The van der Waals surface area contributed by atoms with E-state index in [1.807, 2.05) is 18.2 Å². The van der Waals surface area contributed by atoms with Crippen molar-refractivity contribution in [2.75, 3.05) is 37.7 Å². The van der Waals surface area contributed by atoms with Gasteiger partial charge in [0.05, 0.1) is 47.3 Å². The molecule has 2 unspecified atom stereocenters. The van der Waals surface area contributed by atoms with Gasteiger partial charge >= 0.3 is 0 Å². The molecule has 0 bridgehead atoms. The fourth-order valence-corrected chi connectivity index (χ4v) is 5.99. The van der Waals surface area contributed by atoms with Gasteiger partial charge in [0.15, 0.2) is 11.6 Å². The second kappa shape index (κ2) is 8.36. The van der Waals surface area contributed by atoms with E-state index >= 15 is 0 Å². The SMILES string of the molecule is O=CN1CCC(O)CC1c1cc2nc(-c3cccc4[nH]ncc34)nc(N3CCOCC3)c2s1. The number of hydrogen-bond donors (Lipinski definition) is 2. The molecule has 2 saturated heterocycles. The second-order valence-electron chi connectivity index (χ2n) is 8.51. The van der Waals surface area contributed by atoms with Gasteiger partial charge in [0.2, 0.25) is 6.41 Å². The first-order valence-corrected chi connectivity index (χ1v) is 12.0. The molecule has 6 rings (SSSR count). The molecule has 0 saturated carbocycles. The number of nitrogens with zero attached hydrogens (tertiary/aromatic N) is 5. The number of aromatic nitrogens is 4. The summed E-state index contributed by atoms with van der Waals surface area (Å²) in [7, 11) is 0. The highest BCUT2D eigenvalue weighted by atomic mass is 32.1. The molecule has 2 aliphatic heterocycles. The fourth-order valence-electron chi connectivity index (χ4n) is 4.74. The van der Waals surface area contributed by atoms with E-state index in [-0.39, 0.29) is 6.04 Å². The van der Waals surface area contributed by atoms with Crippen molar-refractivity contribution in [3.8, 4) is 11.4 Å². The molecule has 0 spiro atoms. The summed E-state index contributed by atoms with van der Waals surface area (Å²) in [5.41, 5.74) is 2.72. The Balaban J connectivity index is 1.52. The van der Waals surface area contributed by atoms with E-state index in [0.29, 0.717) is 38.4 Å². The van der Waals surface area contributed by atoms with Crippen molar-refractivity contribution in [1.29, 1.82) is 0 Å². The third-order valence-corrected chi connectivity index (χ3v) is 7.71. The number of aromatic amines is 1. The smallest absolute Gasteiger partial charge is 0.210 e. The van der Waals surface area contributed by atoms with Crippen LogP contribution >= 0.6 is 11.3 Å². The Hall–Kier alpha value is -3.08. The molecular weight excluding hydrogens is 440 g/mol. The largest absolute Gasteiger partial charge is 0.393 e. The van der Waals surface area contributed by atoms with Crippen LogP contribution in [0.2, 0.25) is 0 Å². The number of thiophene rings is 1. The number of likely N-dealkylation sites (tertiary alicyclic amines) is 1. The molecule has 1 aromatic carbocycles. The number of carbonyl (C=O) groups is 1. The van der Waals surface area contributed by atoms with E-state index in [9.17, 15) is 9.90 Å². The topological polar surface area (TPSA) is 107 Å². The van der Waals surface area contributed by atoms with Crippen LogP contribution in [-0.2, 0) is 9.53 Å². The van der Waals surface area contributed by atoms with Gasteiger partial charge in [0.1, 0.15) is 0 Å². The third kappa shape index (κ3) is 3.64. The Bertz CT molecular complexity index is 1310. The maximum absolute atomic E-state index is 11.7. The van der Waals surface area contributed by atoms with Gasteiger partial charge in [0.25, 0.3) is 0 Å². The quantitative estimate of drug-likeness (QED) is 0.447. The highest BCUT2D eigenvalue weighted by Gasteiger charge is 2.30. The van der Waals surface area contributed by atoms with Crippen LogP contribution in [0.15, 0.2) is 30.5 Å². The van der Waals surface area contributed by atoms with Crippen molar-refractivity contribution < 1.29 is 14.6 Å². The average Bonchev–Trinajstić information content (AvgIpc) is 3.51. The van der Waals surface area contributed by atoms with Gasteiger partial charge in [-0.2, -0.15) is 5.10 Å². The average molecular weight is 465 g/mol. The molecule has 4 aromatic rings. The highest BCUT2D eigenvalue weighted by molar-refractivity contribution is 7.19. The van der Waals surface area contributed by atoms with E-state index < -0.39 is 6.10 Å². The van der Waals surface area contributed by atoms with Crippen LogP contribution < -0.4 is 4.90 Å². The van der Waals surface area contributed by atoms with Crippen LogP contribution in [0.25, 0.3) is 32.5 Å². The lowest BCUT2D eigenvalue weighted by atomic mass is 9.99. The van der Waals surface area contributed by atoms with Gasteiger partial charge < -0.3 is 19.6 Å². The number of amides is 1. The Morgan fingerprint density at radius 2 is 2.09 bits per heavy atom. The van der Waals surface area contributed by atoms with Crippen molar-refractivity contribution in [1.82, 2.24) is 25.1 Å². The van der Waals surface area contributed by atoms with Crippen molar-refractivity contribution in [2.45, 2.75) is 25.0 Å². The molecule has 5 heterocycles. The van der Waals surface area contributed by atoms with Crippen LogP contribution in [0.5, 0.6) is 0 Å². The Morgan fingerprint density at radius 3 is 2.94 bits per heavy atom. The molecule has 1 amide bonds. The number of fused-ring (bicyclic) bond motifs is 2. The number of piperidine rings is 1. The zero-order valence-electron chi connectivity index (χ0n) is 18.0. The summed E-state index contributed by atoms with van der Waals surface area (Å²) in [5.74, 6) is 1.54. The molecule has 2 N–H and O–H groups in total. The van der Waals surface area contributed by atoms with Gasteiger partial charge in [0, 0.05) is 35.5 Å². The van der Waals surface area contributed by atoms with Crippen LogP contribution in [-0.4, -0.2) is 75.5 Å². The van der Waals surface area contributed by atoms with Gasteiger partial charge in [-0.25, -0.2) is 9.97 Å². The maximum Gasteiger partial charge on any atom is 0.210 e. The van der Waals surface area contributed by atoms with Crippen LogP contribution in [0.3, 0.4) is 0 Å². The number of benzene rings is 1. The first-order chi connectivity index (χ1) is 16.2. The molecular formula is C23H24N6O3S. The lowest BCUT2D eigenvalue weighted by Gasteiger charge is -2.34. The third-order valence-electron chi connectivity index (χ3n) is 6.49. The number of H-pyrrole nitrogens is 1. The minimum Gasteiger partial charge on any atom is -0.393 e. The Morgan fingerprint density at radius 1 is 1.21 bits per heavy atom. The summed E-state index contributed by atoms with van der Waals surface area (Å²) < 4.78 is 6.57. The zero-order chi connectivity index (χ0) is 22.4. The number of morpholine rings is 1. The fraction of sp³-hybridized carbons (Fsp3) is 0.391. The van der Waals surface area contributed by atoms with E-state index in [1.54, 1.807) is 22.4 Å². The normalized spacial score (nSPS) is 21.7. The summed E-state index contributed by atoms with van der Waals surface area (Å²) in [5, 5.41) is 18.4. The molecule has 0 aliphatic carbocycles. The van der Waals surface area contributed by atoms with Crippen molar-refractivity contribution in [3.05, 3.63) is 35.3 Å². The molecule has 170 valence electrons. The number of aliphatic hydroxyl groups excluding tert-OH is 1. The molecule has 10 heteroatoms. The van der Waals surface area contributed by atoms with Crippen molar-refractivity contribution in [2.24, 2.45) is 0 Å². The zero-order valence-corrected chi connectivity index (χ0v) is 18.8. The monoisotopic (exact) mass is 464 g/mol. The first kappa shape index (κ1) is 20.5. The number of hydrogen-bond acceptors (Lipinski definition) is 8. The second-order valence-corrected chi connectivity index (χ2v) is 9.59. The number of nitrogens with one attached hydrogen (secondary N) is 1. The molecule has 2 atom stereocenters. The first-order valence-electron chi connectivity index (χ1n) is 11.2. The van der Waals surface area contributed by atoms with Gasteiger partial charge in [-0.1, -0.05) is 12.1 Å². The number of rotatable bonds is 4. The Labute approximate surface area is 194 Å². The molecule has 3 aromatic heterocycles. The minimum atomic E-state index is -0.407. The van der Waals surface area contributed by atoms with Crippen LogP contribution in [0.1, 0.15) is 23.8 Å².